The average Bonchev–Trinajstić information content (AvgIpc) is 2.53. The first-order valence-corrected chi connectivity index (χ1v) is 9.72. The number of carboxylic acids is 1. The topological polar surface area (TPSA) is 77.8 Å². The molecule has 0 rings (SSSR count). The summed E-state index contributed by atoms with van der Waals surface area (Å²) in [5, 5.41) is 26.0. The number of unbranched alkanes of at least 4 members (excludes halogenated alkanes) is 8. The van der Waals surface area contributed by atoms with E-state index >= 15 is 0 Å². The average molecular weight is 347 g/mol. The molecule has 1 atom stereocenters. The van der Waals surface area contributed by atoms with E-state index in [1.807, 2.05) is 20.8 Å². The first-order chi connectivity index (χ1) is 11.3. The van der Waals surface area contributed by atoms with E-state index in [9.17, 15) is 4.79 Å². The molecule has 0 aliphatic heterocycles. The van der Waals surface area contributed by atoms with Gasteiger partial charge in [0.2, 0.25) is 0 Å². The van der Waals surface area contributed by atoms with Gasteiger partial charge in [-0.1, -0.05) is 79.1 Å². The van der Waals surface area contributed by atoms with Crippen LogP contribution in [0.25, 0.3) is 0 Å². The van der Waals surface area contributed by atoms with Crippen LogP contribution in [0.15, 0.2) is 0 Å². The van der Waals surface area contributed by atoms with Gasteiger partial charge in [-0.15, -0.1) is 0 Å². The SMILES string of the molecule is CC(CO)CC(C)(C)CO.CCCCCCCCCCCC(=O)O. The number of aliphatic hydroxyl groups excluding tert-OH is 2. The van der Waals surface area contributed by atoms with E-state index in [-0.39, 0.29) is 18.6 Å². The van der Waals surface area contributed by atoms with Crippen LogP contribution in [0.4, 0.5) is 0 Å². The van der Waals surface area contributed by atoms with Gasteiger partial charge in [-0.2, -0.15) is 0 Å². The normalized spacial score (nSPS) is 12.4. The van der Waals surface area contributed by atoms with Crippen LogP contribution in [-0.2, 0) is 4.79 Å². The van der Waals surface area contributed by atoms with Gasteiger partial charge < -0.3 is 15.3 Å². The molecule has 4 nitrogen and oxygen atoms in total. The molecule has 0 bridgehead atoms. The van der Waals surface area contributed by atoms with E-state index in [0.717, 1.165) is 19.3 Å². The summed E-state index contributed by atoms with van der Waals surface area (Å²) in [4.78, 5) is 10.2. The van der Waals surface area contributed by atoms with Crippen molar-refractivity contribution in [3.8, 4) is 0 Å². The summed E-state index contributed by atoms with van der Waals surface area (Å²) in [6, 6.07) is 0. The van der Waals surface area contributed by atoms with Crippen molar-refractivity contribution in [3.05, 3.63) is 0 Å². The molecule has 24 heavy (non-hydrogen) atoms. The standard InChI is InChI=1S/C12H24O2.C8H18O2/c1-2-3-4-5-6-7-8-9-10-11-12(13)14;1-7(5-9)4-8(2,3)6-10/h2-11H2,1H3,(H,13,14);7,9-10H,4-6H2,1-3H3. The van der Waals surface area contributed by atoms with Crippen LogP contribution < -0.4 is 0 Å². The molecule has 0 fully saturated rings. The van der Waals surface area contributed by atoms with Crippen molar-refractivity contribution >= 4 is 5.97 Å². The fourth-order valence-corrected chi connectivity index (χ4v) is 2.66. The van der Waals surface area contributed by atoms with Gasteiger partial charge in [0.05, 0.1) is 0 Å². The number of hydrogen-bond acceptors (Lipinski definition) is 3. The number of aliphatic carboxylic acids is 1. The second kappa shape index (κ2) is 17.2. The monoisotopic (exact) mass is 346 g/mol. The lowest BCUT2D eigenvalue weighted by Crippen LogP contribution is -2.21. The fourth-order valence-electron chi connectivity index (χ4n) is 2.66. The van der Waals surface area contributed by atoms with Crippen molar-refractivity contribution in [2.45, 2.75) is 98.3 Å². The summed E-state index contributed by atoms with van der Waals surface area (Å²) in [6.07, 6.45) is 12.4. The lowest BCUT2D eigenvalue weighted by atomic mass is 9.84. The van der Waals surface area contributed by atoms with E-state index < -0.39 is 5.97 Å². The Morgan fingerprint density at radius 3 is 1.75 bits per heavy atom. The molecule has 0 aliphatic carbocycles. The number of carbonyl (C=O) groups is 1. The largest absolute Gasteiger partial charge is 0.481 e. The third-order valence-electron chi connectivity index (χ3n) is 4.13. The molecule has 0 saturated carbocycles. The maximum Gasteiger partial charge on any atom is 0.303 e. The van der Waals surface area contributed by atoms with Crippen LogP contribution in [-0.4, -0.2) is 34.5 Å². The van der Waals surface area contributed by atoms with Crippen molar-refractivity contribution in [3.63, 3.8) is 0 Å². The molecule has 3 N–H and O–H groups in total. The minimum absolute atomic E-state index is 0.0395. The van der Waals surface area contributed by atoms with Crippen molar-refractivity contribution < 1.29 is 20.1 Å². The summed E-state index contributed by atoms with van der Waals surface area (Å²) in [6.45, 7) is 8.61. The molecule has 0 aromatic heterocycles. The molecular weight excluding hydrogens is 304 g/mol. The Kier molecular flexibility index (Phi) is 18.4. The van der Waals surface area contributed by atoms with Gasteiger partial charge in [0, 0.05) is 19.6 Å². The highest BCUT2D eigenvalue weighted by molar-refractivity contribution is 5.66. The molecule has 0 amide bonds. The van der Waals surface area contributed by atoms with Crippen molar-refractivity contribution in [2.24, 2.45) is 11.3 Å². The van der Waals surface area contributed by atoms with Gasteiger partial charge in [0.25, 0.3) is 0 Å². The number of hydrogen-bond donors (Lipinski definition) is 3. The smallest absolute Gasteiger partial charge is 0.303 e. The summed E-state index contributed by atoms with van der Waals surface area (Å²) in [7, 11) is 0. The quantitative estimate of drug-likeness (QED) is 0.386. The zero-order chi connectivity index (χ0) is 18.8. The van der Waals surface area contributed by atoms with Gasteiger partial charge in [-0.3, -0.25) is 4.79 Å². The molecule has 0 spiro atoms. The molecule has 0 saturated heterocycles. The molecule has 146 valence electrons. The highest BCUT2D eigenvalue weighted by atomic mass is 16.4. The van der Waals surface area contributed by atoms with Gasteiger partial charge >= 0.3 is 5.97 Å². The maximum absolute atomic E-state index is 10.2. The van der Waals surface area contributed by atoms with Gasteiger partial charge in [0.15, 0.2) is 0 Å². The van der Waals surface area contributed by atoms with E-state index in [0.29, 0.717) is 12.3 Å². The third-order valence-corrected chi connectivity index (χ3v) is 4.13. The highest BCUT2D eigenvalue weighted by Gasteiger charge is 2.19. The lowest BCUT2D eigenvalue weighted by molar-refractivity contribution is -0.137. The Hall–Kier alpha value is -0.610. The Bertz CT molecular complexity index is 277. The van der Waals surface area contributed by atoms with Crippen LogP contribution in [0.5, 0.6) is 0 Å². The second-order valence-corrected chi connectivity index (χ2v) is 7.79. The Balaban J connectivity index is 0. The van der Waals surface area contributed by atoms with Crippen molar-refractivity contribution in [1.29, 1.82) is 0 Å². The predicted octanol–water partition coefficient (Wildman–Crippen LogP) is 5.02. The summed E-state index contributed by atoms with van der Waals surface area (Å²) < 4.78 is 0. The third kappa shape index (κ3) is 21.4. The van der Waals surface area contributed by atoms with Crippen LogP contribution in [0.1, 0.15) is 98.3 Å². The Morgan fingerprint density at radius 2 is 1.38 bits per heavy atom. The van der Waals surface area contributed by atoms with Crippen LogP contribution in [0.3, 0.4) is 0 Å². The summed E-state index contributed by atoms with van der Waals surface area (Å²) in [5.74, 6) is -0.366. The van der Waals surface area contributed by atoms with Crippen molar-refractivity contribution in [2.75, 3.05) is 13.2 Å². The molecule has 4 heteroatoms. The Labute approximate surface area is 149 Å². The number of carboxylic acid groups (broad SMARTS) is 1. The molecule has 0 aromatic carbocycles. The fraction of sp³-hybridized carbons (Fsp3) is 0.950. The van der Waals surface area contributed by atoms with Crippen LogP contribution in [0, 0.1) is 11.3 Å². The van der Waals surface area contributed by atoms with E-state index in [4.69, 9.17) is 15.3 Å². The van der Waals surface area contributed by atoms with E-state index in [1.165, 1.54) is 44.9 Å². The van der Waals surface area contributed by atoms with E-state index in [2.05, 4.69) is 6.92 Å². The number of rotatable bonds is 14. The maximum atomic E-state index is 10.2. The molecule has 0 heterocycles. The van der Waals surface area contributed by atoms with Crippen LogP contribution >= 0.6 is 0 Å². The zero-order valence-corrected chi connectivity index (χ0v) is 16.5. The summed E-state index contributed by atoms with van der Waals surface area (Å²) in [5.41, 5.74) is -0.0395. The lowest BCUT2D eigenvalue weighted by Gasteiger charge is -2.24. The van der Waals surface area contributed by atoms with Gasteiger partial charge in [-0.05, 0) is 24.2 Å². The van der Waals surface area contributed by atoms with Gasteiger partial charge in [-0.25, -0.2) is 0 Å². The Morgan fingerprint density at radius 1 is 0.917 bits per heavy atom. The minimum atomic E-state index is -0.659. The second-order valence-electron chi connectivity index (χ2n) is 7.79. The van der Waals surface area contributed by atoms with E-state index in [1.54, 1.807) is 0 Å². The first kappa shape index (κ1) is 25.6. The molecule has 0 aromatic rings. The van der Waals surface area contributed by atoms with Crippen molar-refractivity contribution in [1.82, 2.24) is 0 Å². The molecule has 0 radical (unpaired) electrons. The summed E-state index contributed by atoms with van der Waals surface area (Å²) >= 11 is 0. The number of aliphatic hydroxyl groups is 2. The zero-order valence-electron chi connectivity index (χ0n) is 16.5. The van der Waals surface area contributed by atoms with Crippen LogP contribution in [0.2, 0.25) is 0 Å². The molecular formula is C20H42O4. The predicted molar refractivity (Wildman–Crippen MR) is 101 cm³/mol. The highest BCUT2D eigenvalue weighted by Crippen LogP contribution is 2.23. The first-order valence-electron chi connectivity index (χ1n) is 9.72. The molecule has 1 unspecified atom stereocenters. The minimum Gasteiger partial charge on any atom is -0.481 e. The van der Waals surface area contributed by atoms with Gasteiger partial charge in [0.1, 0.15) is 0 Å². The molecule has 0 aliphatic rings.